The van der Waals surface area contributed by atoms with Gasteiger partial charge in [-0.15, -0.1) is 0 Å². The minimum Gasteiger partial charge on any atom is -0.497 e. The molecule has 0 aliphatic carbocycles. The highest BCUT2D eigenvalue weighted by Crippen LogP contribution is 2.32. The number of likely N-dealkylation sites (tertiary alicyclic amines) is 1. The smallest absolute Gasteiger partial charge is 0.404 e. The molecule has 1 aromatic heterocycles. The summed E-state index contributed by atoms with van der Waals surface area (Å²) in [4.78, 5) is 18.2. The Morgan fingerprint density at radius 3 is 2.76 bits per heavy atom. The van der Waals surface area contributed by atoms with Crippen molar-refractivity contribution in [1.82, 2.24) is 9.88 Å². The molecule has 6 nitrogen and oxygen atoms in total. The van der Waals surface area contributed by atoms with Crippen molar-refractivity contribution in [1.29, 1.82) is 0 Å². The summed E-state index contributed by atoms with van der Waals surface area (Å²) in [5.74, 6) is 2.09. The minimum atomic E-state index is -0.667. The molecule has 2 heterocycles. The lowest BCUT2D eigenvalue weighted by Crippen LogP contribution is -2.41. The molecule has 1 aliphatic heterocycles. The van der Waals surface area contributed by atoms with E-state index in [1.807, 2.05) is 18.3 Å². The maximum Gasteiger partial charge on any atom is 0.404 e. The third-order valence-corrected chi connectivity index (χ3v) is 7.35. The summed E-state index contributed by atoms with van der Waals surface area (Å²) < 4.78 is 10.5. The van der Waals surface area contributed by atoms with Crippen LogP contribution < -0.4 is 10.5 Å². The summed E-state index contributed by atoms with van der Waals surface area (Å²) in [6.07, 6.45) is 13.3. The van der Waals surface area contributed by atoms with Crippen LogP contribution in [0, 0.1) is 11.8 Å². The van der Waals surface area contributed by atoms with Crippen LogP contribution in [0.1, 0.15) is 70.3 Å². The Kier molecular flexibility index (Phi) is 10.9. The van der Waals surface area contributed by atoms with Gasteiger partial charge in [0.15, 0.2) is 0 Å². The van der Waals surface area contributed by atoms with Gasteiger partial charge in [0.1, 0.15) is 5.75 Å². The normalized spacial score (nSPS) is 18.8. The molecule has 3 rings (SSSR count). The number of aromatic nitrogens is 1. The van der Waals surface area contributed by atoms with Crippen molar-refractivity contribution in [3.05, 3.63) is 36.0 Å². The van der Waals surface area contributed by atoms with E-state index in [-0.39, 0.29) is 0 Å². The Morgan fingerprint density at radius 1 is 1.12 bits per heavy atom. The highest BCUT2D eigenvalue weighted by Gasteiger charge is 2.28. The molecule has 0 spiro atoms. The highest BCUT2D eigenvalue weighted by molar-refractivity contribution is 5.83. The predicted molar refractivity (Wildman–Crippen MR) is 138 cm³/mol. The fraction of sp³-hybridized carbons (Fsp3) is 0.643. The van der Waals surface area contributed by atoms with Crippen LogP contribution in [0.25, 0.3) is 10.9 Å². The molecule has 2 N–H and O–H groups in total. The van der Waals surface area contributed by atoms with Gasteiger partial charge in [0.05, 0.1) is 19.2 Å². The number of rotatable bonds is 14. The summed E-state index contributed by atoms with van der Waals surface area (Å²) >= 11 is 0. The lowest BCUT2D eigenvalue weighted by Gasteiger charge is -2.39. The molecule has 1 fully saturated rings. The van der Waals surface area contributed by atoms with Gasteiger partial charge < -0.3 is 20.1 Å². The number of ether oxygens (including phenoxy) is 2. The average molecular weight is 470 g/mol. The first-order chi connectivity index (χ1) is 16.6. The van der Waals surface area contributed by atoms with E-state index in [0.29, 0.717) is 18.4 Å². The average Bonchev–Trinajstić information content (AvgIpc) is 2.84. The molecule has 2 atom stereocenters. The van der Waals surface area contributed by atoms with Gasteiger partial charge in [-0.25, -0.2) is 4.79 Å². The second-order valence-electron chi connectivity index (χ2n) is 9.73. The van der Waals surface area contributed by atoms with Gasteiger partial charge in [-0.05, 0) is 93.3 Å². The van der Waals surface area contributed by atoms with E-state index in [9.17, 15) is 4.79 Å². The fourth-order valence-electron chi connectivity index (χ4n) is 5.40. The van der Waals surface area contributed by atoms with E-state index >= 15 is 0 Å². The van der Waals surface area contributed by atoms with Gasteiger partial charge in [-0.1, -0.05) is 32.6 Å². The molecule has 0 bridgehead atoms. The molecule has 1 amide bonds. The molecule has 1 aromatic carbocycles. The summed E-state index contributed by atoms with van der Waals surface area (Å²) in [7, 11) is 1.71. The Labute approximate surface area is 205 Å². The van der Waals surface area contributed by atoms with Crippen LogP contribution in [0.5, 0.6) is 5.75 Å². The summed E-state index contributed by atoms with van der Waals surface area (Å²) in [6.45, 7) is 6.17. The first kappa shape index (κ1) is 26.3. The number of amides is 1. The van der Waals surface area contributed by atoms with Gasteiger partial charge in [0, 0.05) is 18.1 Å². The predicted octanol–water partition coefficient (Wildman–Crippen LogP) is 5.96. The van der Waals surface area contributed by atoms with Crippen LogP contribution in [0.3, 0.4) is 0 Å². The number of hydrogen-bond acceptors (Lipinski definition) is 5. The van der Waals surface area contributed by atoms with Crippen molar-refractivity contribution in [3.63, 3.8) is 0 Å². The van der Waals surface area contributed by atoms with Crippen molar-refractivity contribution in [2.45, 2.75) is 71.1 Å². The van der Waals surface area contributed by atoms with E-state index in [4.69, 9.17) is 15.2 Å². The first-order valence-corrected chi connectivity index (χ1v) is 13.2. The first-order valence-electron chi connectivity index (χ1n) is 13.2. The number of unbranched alkanes of at least 4 members (excludes halogenated alkanes) is 4. The number of nitrogens with two attached hydrogens (primary N) is 1. The molecule has 188 valence electrons. The van der Waals surface area contributed by atoms with Crippen molar-refractivity contribution in [2.24, 2.45) is 17.6 Å². The quantitative estimate of drug-likeness (QED) is 0.345. The molecular formula is C28H43N3O3. The molecule has 34 heavy (non-hydrogen) atoms. The second kappa shape index (κ2) is 14.1. The molecule has 0 radical (unpaired) electrons. The third-order valence-electron chi connectivity index (χ3n) is 7.35. The number of primary amides is 1. The number of nitrogens with zero attached hydrogens (tertiary/aromatic N) is 2. The van der Waals surface area contributed by atoms with Gasteiger partial charge in [-0.3, -0.25) is 4.98 Å². The lowest BCUT2D eigenvalue weighted by atomic mass is 9.80. The number of fused-ring (bicyclic) bond motifs is 1. The van der Waals surface area contributed by atoms with Crippen LogP contribution in [-0.2, 0) is 11.2 Å². The van der Waals surface area contributed by atoms with Crippen LogP contribution in [0.2, 0.25) is 0 Å². The zero-order chi connectivity index (χ0) is 24.2. The number of hydrogen-bond donors (Lipinski definition) is 1. The van der Waals surface area contributed by atoms with Crippen molar-refractivity contribution < 1.29 is 14.3 Å². The van der Waals surface area contributed by atoms with Gasteiger partial charge >= 0.3 is 6.09 Å². The maximum absolute atomic E-state index is 11.1. The van der Waals surface area contributed by atoms with Crippen LogP contribution in [-0.4, -0.2) is 49.3 Å². The molecule has 1 saturated heterocycles. The number of pyridine rings is 1. The summed E-state index contributed by atoms with van der Waals surface area (Å²) in [5, 5.41) is 1.19. The Balaban J connectivity index is 1.54. The fourth-order valence-corrected chi connectivity index (χ4v) is 5.40. The molecule has 6 heteroatoms. The number of piperidine rings is 1. The maximum atomic E-state index is 11.1. The van der Waals surface area contributed by atoms with E-state index in [2.05, 4.69) is 28.9 Å². The monoisotopic (exact) mass is 469 g/mol. The zero-order valence-corrected chi connectivity index (χ0v) is 21.1. The SMILES string of the molecule is CCCCCCCN1CC[C@@H](CCCc2ccnc3ccc(OC)cc23)[C@@H](CCOC(N)=O)C1. The van der Waals surface area contributed by atoms with Gasteiger partial charge in [-0.2, -0.15) is 0 Å². The van der Waals surface area contributed by atoms with E-state index in [0.717, 1.165) is 37.1 Å². The number of aryl methyl sites for hydroxylation is 1. The van der Waals surface area contributed by atoms with E-state index in [1.54, 1.807) is 7.11 Å². The van der Waals surface area contributed by atoms with Crippen LogP contribution in [0.15, 0.2) is 30.5 Å². The number of benzene rings is 1. The van der Waals surface area contributed by atoms with Gasteiger partial charge in [0.25, 0.3) is 0 Å². The van der Waals surface area contributed by atoms with E-state index < -0.39 is 6.09 Å². The van der Waals surface area contributed by atoms with Gasteiger partial charge in [0.2, 0.25) is 0 Å². The second-order valence-corrected chi connectivity index (χ2v) is 9.73. The largest absolute Gasteiger partial charge is 0.497 e. The van der Waals surface area contributed by atoms with E-state index in [1.165, 1.54) is 69.0 Å². The molecule has 2 aromatic rings. The van der Waals surface area contributed by atoms with Crippen molar-refractivity contribution >= 4 is 17.0 Å². The summed E-state index contributed by atoms with van der Waals surface area (Å²) in [5.41, 5.74) is 7.56. The number of methoxy groups -OCH3 is 1. The van der Waals surface area contributed by atoms with Crippen molar-refractivity contribution in [2.75, 3.05) is 33.4 Å². The lowest BCUT2D eigenvalue weighted by molar-refractivity contribution is 0.0827. The highest BCUT2D eigenvalue weighted by atomic mass is 16.5. The number of carbonyl (C=O) groups excluding carboxylic acids is 1. The van der Waals surface area contributed by atoms with Crippen LogP contribution >= 0.6 is 0 Å². The molecule has 0 unspecified atom stereocenters. The third kappa shape index (κ3) is 8.15. The number of carbonyl (C=O) groups is 1. The van der Waals surface area contributed by atoms with Crippen molar-refractivity contribution in [3.8, 4) is 5.75 Å². The Morgan fingerprint density at radius 2 is 1.97 bits per heavy atom. The topological polar surface area (TPSA) is 77.7 Å². The zero-order valence-electron chi connectivity index (χ0n) is 21.1. The Bertz CT molecular complexity index is 888. The summed E-state index contributed by atoms with van der Waals surface area (Å²) in [6, 6.07) is 8.24. The minimum absolute atomic E-state index is 0.426. The van der Waals surface area contributed by atoms with Crippen LogP contribution in [0.4, 0.5) is 4.79 Å². The standard InChI is InChI=1S/C28H43N3O3/c1-3-4-5-6-7-17-31-18-14-22(24(21-31)15-19-34-28(29)32)9-8-10-23-13-16-30-27-12-11-25(33-2)20-26(23)27/h11-13,16,20,22,24H,3-10,14-15,17-19,21H2,1-2H3,(H2,29,32)/t22-,24+/m1/s1. The Hall–Kier alpha value is -2.34. The molecule has 1 aliphatic rings. The molecule has 0 saturated carbocycles. The molecular weight excluding hydrogens is 426 g/mol.